The molecule has 0 spiro atoms. The molecule has 1 aromatic heterocycles. The van der Waals surface area contributed by atoms with E-state index < -0.39 is 0 Å². The highest BCUT2D eigenvalue weighted by molar-refractivity contribution is 9.10. The number of nitrogen functional groups attached to an aromatic ring is 1. The second-order valence-electron chi connectivity index (χ2n) is 3.55. The topological polar surface area (TPSA) is 68.0 Å². The van der Waals surface area contributed by atoms with Gasteiger partial charge in [-0.2, -0.15) is 0 Å². The van der Waals surface area contributed by atoms with Crippen molar-refractivity contribution in [3.05, 3.63) is 51.6 Å². The monoisotopic (exact) mass is 325 g/mol. The van der Waals surface area contributed by atoms with Gasteiger partial charge in [0.2, 0.25) is 0 Å². The normalized spacial score (nSPS) is 10.1. The van der Waals surface area contributed by atoms with Gasteiger partial charge < -0.3 is 11.1 Å². The molecule has 0 aliphatic carbocycles. The summed E-state index contributed by atoms with van der Waals surface area (Å²) < 4.78 is 0.818. The highest BCUT2D eigenvalue weighted by Crippen LogP contribution is 2.22. The van der Waals surface area contributed by atoms with Crippen molar-refractivity contribution in [2.45, 2.75) is 0 Å². The Labute approximate surface area is 117 Å². The van der Waals surface area contributed by atoms with Gasteiger partial charge >= 0.3 is 0 Å². The summed E-state index contributed by atoms with van der Waals surface area (Å²) in [6, 6.07) is 8.35. The quantitative estimate of drug-likeness (QED) is 0.889. The lowest BCUT2D eigenvalue weighted by Gasteiger charge is -2.06. The minimum atomic E-state index is -0.293. The predicted molar refractivity (Wildman–Crippen MR) is 75.8 cm³/mol. The van der Waals surface area contributed by atoms with Crippen LogP contribution in [0.2, 0.25) is 5.02 Å². The zero-order chi connectivity index (χ0) is 13.1. The van der Waals surface area contributed by atoms with Crippen molar-refractivity contribution >= 4 is 44.9 Å². The van der Waals surface area contributed by atoms with E-state index in [9.17, 15) is 4.79 Å². The number of carbonyl (C=O) groups excluding carboxylic acids is 1. The molecule has 2 aromatic rings. The molecule has 6 heteroatoms. The third kappa shape index (κ3) is 3.00. The largest absolute Gasteiger partial charge is 0.384 e. The van der Waals surface area contributed by atoms with Gasteiger partial charge in [0.25, 0.3) is 5.91 Å². The number of nitrogens with zero attached hydrogens (tertiary/aromatic N) is 1. The Morgan fingerprint density at radius 1 is 1.33 bits per heavy atom. The zero-order valence-electron chi connectivity index (χ0n) is 9.15. The number of hydrogen-bond donors (Lipinski definition) is 2. The molecule has 1 aromatic carbocycles. The van der Waals surface area contributed by atoms with Crippen LogP contribution < -0.4 is 11.1 Å². The summed E-state index contributed by atoms with van der Waals surface area (Å²) in [4.78, 5) is 15.8. The van der Waals surface area contributed by atoms with Crippen LogP contribution in [0.25, 0.3) is 0 Å². The fourth-order valence-corrected chi connectivity index (χ4v) is 2.11. The first-order valence-corrected chi connectivity index (χ1v) is 6.21. The van der Waals surface area contributed by atoms with Crippen LogP contribution in [0.1, 0.15) is 10.4 Å². The number of nitrogens with one attached hydrogen (secondary N) is 1. The maximum Gasteiger partial charge on any atom is 0.257 e. The molecule has 0 aliphatic rings. The van der Waals surface area contributed by atoms with E-state index in [2.05, 4.69) is 26.2 Å². The van der Waals surface area contributed by atoms with E-state index in [0.717, 1.165) is 4.47 Å². The van der Waals surface area contributed by atoms with E-state index in [1.807, 2.05) is 0 Å². The summed E-state index contributed by atoms with van der Waals surface area (Å²) in [5.41, 5.74) is 6.42. The number of benzene rings is 1. The Morgan fingerprint density at radius 2 is 2.11 bits per heavy atom. The van der Waals surface area contributed by atoms with Crippen molar-refractivity contribution < 1.29 is 4.79 Å². The van der Waals surface area contributed by atoms with E-state index in [1.165, 1.54) is 6.20 Å². The zero-order valence-corrected chi connectivity index (χ0v) is 11.5. The fraction of sp³-hybridized carbons (Fsp3) is 0. The number of halogens is 2. The van der Waals surface area contributed by atoms with Gasteiger partial charge in [-0.25, -0.2) is 4.98 Å². The molecular weight excluding hydrogens is 318 g/mol. The van der Waals surface area contributed by atoms with Crippen molar-refractivity contribution in [2.75, 3.05) is 11.1 Å². The smallest absolute Gasteiger partial charge is 0.257 e. The molecule has 18 heavy (non-hydrogen) atoms. The highest BCUT2D eigenvalue weighted by atomic mass is 79.9. The van der Waals surface area contributed by atoms with Gasteiger partial charge in [0.05, 0.1) is 22.5 Å². The standard InChI is InChI=1S/C12H9BrClN3O/c13-7-1-3-9(10(14)5-7)12(18)17-8-2-4-11(15)16-6-8/h1-6H,(H2,15,16)(H,17,18). The van der Waals surface area contributed by atoms with E-state index >= 15 is 0 Å². The summed E-state index contributed by atoms with van der Waals surface area (Å²) in [6.45, 7) is 0. The van der Waals surface area contributed by atoms with Crippen molar-refractivity contribution in [1.82, 2.24) is 4.98 Å². The highest BCUT2D eigenvalue weighted by Gasteiger charge is 2.10. The van der Waals surface area contributed by atoms with Gasteiger partial charge in [0.15, 0.2) is 0 Å². The molecule has 0 fully saturated rings. The number of pyridine rings is 1. The van der Waals surface area contributed by atoms with Gasteiger partial charge in [-0.15, -0.1) is 0 Å². The molecule has 0 atom stereocenters. The summed E-state index contributed by atoms with van der Waals surface area (Å²) in [7, 11) is 0. The van der Waals surface area contributed by atoms with Crippen LogP contribution in [0.5, 0.6) is 0 Å². The third-order valence-corrected chi connectivity index (χ3v) is 3.03. The molecule has 0 saturated heterocycles. The summed E-state index contributed by atoms with van der Waals surface area (Å²) in [6.07, 6.45) is 1.49. The Hall–Kier alpha value is -1.59. The first-order valence-electron chi connectivity index (χ1n) is 5.04. The molecule has 0 aliphatic heterocycles. The average Bonchev–Trinajstić information content (AvgIpc) is 2.32. The second kappa shape index (κ2) is 5.37. The Kier molecular flexibility index (Phi) is 3.84. The molecule has 0 saturated carbocycles. The minimum absolute atomic E-state index is 0.293. The molecule has 0 radical (unpaired) electrons. The van der Waals surface area contributed by atoms with Crippen LogP contribution in [-0.2, 0) is 0 Å². The van der Waals surface area contributed by atoms with Crippen LogP contribution in [0.3, 0.4) is 0 Å². The van der Waals surface area contributed by atoms with Crippen LogP contribution in [0.15, 0.2) is 41.0 Å². The second-order valence-corrected chi connectivity index (χ2v) is 4.87. The fourth-order valence-electron chi connectivity index (χ4n) is 1.35. The van der Waals surface area contributed by atoms with Crippen LogP contribution >= 0.6 is 27.5 Å². The summed E-state index contributed by atoms with van der Waals surface area (Å²) >= 11 is 9.27. The first-order chi connectivity index (χ1) is 8.56. The number of aromatic nitrogens is 1. The van der Waals surface area contributed by atoms with Gasteiger partial charge in [-0.05, 0) is 30.3 Å². The summed E-state index contributed by atoms with van der Waals surface area (Å²) in [5.74, 6) is 0.105. The van der Waals surface area contributed by atoms with Gasteiger partial charge in [0, 0.05) is 4.47 Å². The average molecular weight is 327 g/mol. The van der Waals surface area contributed by atoms with Crippen molar-refractivity contribution in [2.24, 2.45) is 0 Å². The Bertz CT molecular complexity index is 586. The summed E-state index contributed by atoms with van der Waals surface area (Å²) in [5, 5.41) is 3.07. The van der Waals surface area contributed by atoms with E-state index in [1.54, 1.807) is 30.3 Å². The lowest BCUT2D eigenvalue weighted by atomic mass is 10.2. The van der Waals surface area contributed by atoms with E-state index in [0.29, 0.717) is 22.1 Å². The van der Waals surface area contributed by atoms with Crippen molar-refractivity contribution in [3.63, 3.8) is 0 Å². The van der Waals surface area contributed by atoms with Crippen molar-refractivity contribution in [1.29, 1.82) is 0 Å². The number of amides is 1. The minimum Gasteiger partial charge on any atom is -0.384 e. The molecular formula is C12H9BrClN3O. The van der Waals surface area contributed by atoms with E-state index in [-0.39, 0.29) is 5.91 Å². The maximum atomic E-state index is 12.0. The van der Waals surface area contributed by atoms with Gasteiger partial charge in [-0.3, -0.25) is 4.79 Å². The first kappa shape index (κ1) is 12.9. The number of rotatable bonds is 2. The van der Waals surface area contributed by atoms with Crippen molar-refractivity contribution in [3.8, 4) is 0 Å². The third-order valence-electron chi connectivity index (χ3n) is 2.22. The number of anilines is 2. The SMILES string of the molecule is Nc1ccc(NC(=O)c2ccc(Br)cc2Cl)cn1. The molecule has 92 valence electrons. The predicted octanol–water partition coefficient (Wildman–Crippen LogP) is 3.33. The number of carbonyl (C=O) groups is 1. The molecule has 1 amide bonds. The van der Waals surface area contributed by atoms with Gasteiger partial charge in [-0.1, -0.05) is 27.5 Å². The van der Waals surface area contributed by atoms with E-state index in [4.69, 9.17) is 17.3 Å². The molecule has 2 rings (SSSR count). The lowest BCUT2D eigenvalue weighted by Crippen LogP contribution is -2.12. The number of hydrogen-bond acceptors (Lipinski definition) is 3. The maximum absolute atomic E-state index is 12.0. The molecule has 3 N–H and O–H groups in total. The number of nitrogens with two attached hydrogens (primary N) is 1. The van der Waals surface area contributed by atoms with Crippen LogP contribution in [-0.4, -0.2) is 10.9 Å². The van der Waals surface area contributed by atoms with Crippen LogP contribution in [0, 0.1) is 0 Å². The Morgan fingerprint density at radius 3 is 2.72 bits per heavy atom. The lowest BCUT2D eigenvalue weighted by molar-refractivity contribution is 0.102. The van der Waals surface area contributed by atoms with Gasteiger partial charge in [0.1, 0.15) is 5.82 Å². The molecule has 0 unspecified atom stereocenters. The van der Waals surface area contributed by atoms with Crippen LogP contribution in [0.4, 0.5) is 11.5 Å². The Balaban J connectivity index is 2.19. The molecule has 1 heterocycles. The molecule has 0 bridgehead atoms. The molecule has 4 nitrogen and oxygen atoms in total.